The van der Waals surface area contributed by atoms with Crippen molar-refractivity contribution >= 4 is 5.91 Å². The molecule has 2 heterocycles. The molecule has 0 aromatic rings. The molecule has 2 rings (SSSR count). The van der Waals surface area contributed by atoms with Gasteiger partial charge in [-0.3, -0.25) is 4.79 Å². The number of carbonyl (C=O) groups is 1. The first kappa shape index (κ1) is 7.10. The second kappa shape index (κ2) is 2.48. The van der Waals surface area contributed by atoms with Crippen molar-refractivity contribution in [3.63, 3.8) is 0 Å². The molecule has 0 radical (unpaired) electrons. The second-order valence-corrected chi connectivity index (χ2v) is 3.42. The largest absolute Gasteiger partial charge is 0.373 e. The fourth-order valence-electron chi connectivity index (χ4n) is 2.05. The first-order chi connectivity index (χ1) is 5.25. The second-order valence-electron chi connectivity index (χ2n) is 3.42. The summed E-state index contributed by atoms with van der Waals surface area (Å²) in [5, 5.41) is 2.91. The van der Waals surface area contributed by atoms with E-state index < -0.39 is 0 Å². The van der Waals surface area contributed by atoms with E-state index in [1.165, 1.54) is 6.42 Å². The number of ether oxygens (including phenoxy) is 1. The maximum atomic E-state index is 10.7. The van der Waals surface area contributed by atoms with Crippen molar-refractivity contribution in [2.45, 2.75) is 44.4 Å². The van der Waals surface area contributed by atoms with E-state index in [1.807, 2.05) is 0 Å². The summed E-state index contributed by atoms with van der Waals surface area (Å²) in [6.07, 6.45) is 4.06. The quantitative estimate of drug-likeness (QED) is 0.596. The molecule has 3 atom stereocenters. The van der Waals surface area contributed by atoms with E-state index >= 15 is 0 Å². The van der Waals surface area contributed by atoms with Gasteiger partial charge in [-0.25, -0.2) is 0 Å². The molecule has 0 aromatic carbocycles. The lowest BCUT2D eigenvalue weighted by Crippen LogP contribution is -2.40. The van der Waals surface area contributed by atoms with Crippen LogP contribution in [-0.4, -0.2) is 24.2 Å². The van der Waals surface area contributed by atoms with Crippen LogP contribution in [0.4, 0.5) is 0 Å². The number of hydrogen-bond acceptors (Lipinski definition) is 2. The van der Waals surface area contributed by atoms with Crippen molar-refractivity contribution in [2.75, 3.05) is 0 Å². The SMILES string of the molecule is CC(=O)NC1CC2CCC1O2. The van der Waals surface area contributed by atoms with Gasteiger partial charge in [0, 0.05) is 6.92 Å². The maximum absolute atomic E-state index is 10.7. The van der Waals surface area contributed by atoms with Gasteiger partial charge in [-0.1, -0.05) is 0 Å². The van der Waals surface area contributed by atoms with Gasteiger partial charge < -0.3 is 10.1 Å². The molecule has 2 saturated heterocycles. The van der Waals surface area contributed by atoms with E-state index in [2.05, 4.69) is 5.32 Å². The average Bonchev–Trinajstić information content (AvgIpc) is 2.45. The lowest BCUT2D eigenvalue weighted by molar-refractivity contribution is -0.120. The summed E-state index contributed by atoms with van der Waals surface area (Å²) >= 11 is 0. The van der Waals surface area contributed by atoms with E-state index in [4.69, 9.17) is 4.74 Å². The number of carbonyl (C=O) groups excluding carboxylic acids is 1. The molecular formula is C8H13NO2. The predicted octanol–water partition coefficient (Wildman–Crippen LogP) is 0.442. The van der Waals surface area contributed by atoms with Crippen molar-refractivity contribution in [3.8, 4) is 0 Å². The van der Waals surface area contributed by atoms with Gasteiger partial charge in [-0.2, -0.15) is 0 Å². The molecule has 2 aliphatic heterocycles. The summed E-state index contributed by atoms with van der Waals surface area (Å²) in [5.74, 6) is 0.0613. The Morgan fingerprint density at radius 2 is 2.36 bits per heavy atom. The van der Waals surface area contributed by atoms with E-state index in [9.17, 15) is 4.79 Å². The highest BCUT2D eigenvalue weighted by Gasteiger charge is 2.40. The molecule has 2 bridgehead atoms. The van der Waals surface area contributed by atoms with Crippen LogP contribution in [0.1, 0.15) is 26.2 Å². The van der Waals surface area contributed by atoms with Crippen molar-refractivity contribution in [2.24, 2.45) is 0 Å². The van der Waals surface area contributed by atoms with Crippen molar-refractivity contribution in [3.05, 3.63) is 0 Å². The van der Waals surface area contributed by atoms with Crippen LogP contribution in [0.25, 0.3) is 0 Å². The fourth-order valence-corrected chi connectivity index (χ4v) is 2.05. The van der Waals surface area contributed by atoms with Crippen LogP contribution in [0, 0.1) is 0 Å². The molecule has 1 amide bonds. The number of fused-ring (bicyclic) bond motifs is 2. The van der Waals surface area contributed by atoms with E-state index in [0.717, 1.165) is 12.8 Å². The maximum Gasteiger partial charge on any atom is 0.217 e. The molecule has 0 saturated carbocycles. The molecule has 1 N–H and O–H groups in total. The zero-order valence-corrected chi connectivity index (χ0v) is 6.67. The Kier molecular flexibility index (Phi) is 1.60. The molecule has 0 aliphatic carbocycles. The molecule has 0 spiro atoms. The monoisotopic (exact) mass is 155 g/mol. The van der Waals surface area contributed by atoms with Gasteiger partial charge in [0.05, 0.1) is 18.2 Å². The third-order valence-corrected chi connectivity index (χ3v) is 2.49. The normalized spacial score (nSPS) is 41.0. The first-order valence-electron chi connectivity index (χ1n) is 4.18. The van der Waals surface area contributed by atoms with Crippen molar-refractivity contribution in [1.82, 2.24) is 5.32 Å². The third-order valence-electron chi connectivity index (χ3n) is 2.49. The van der Waals surface area contributed by atoms with Crippen LogP contribution < -0.4 is 5.32 Å². The predicted molar refractivity (Wildman–Crippen MR) is 40.1 cm³/mol. The minimum Gasteiger partial charge on any atom is -0.373 e. The number of nitrogens with one attached hydrogen (secondary N) is 1. The van der Waals surface area contributed by atoms with Gasteiger partial charge in [0.1, 0.15) is 0 Å². The zero-order valence-electron chi connectivity index (χ0n) is 6.67. The summed E-state index contributed by atoms with van der Waals surface area (Å²) in [7, 11) is 0. The Morgan fingerprint density at radius 1 is 1.55 bits per heavy atom. The summed E-state index contributed by atoms with van der Waals surface area (Å²) in [6, 6.07) is 0.297. The first-order valence-corrected chi connectivity index (χ1v) is 4.18. The minimum absolute atomic E-state index is 0.0613. The zero-order chi connectivity index (χ0) is 7.84. The molecule has 2 fully saturated rings. The Morgan fingerprint density at radius 3 is 2.82 bits per heavy atom. The molecule has 3 nitrogen and oxygen atoms in total. The van der Waals surface area contributed by atoms with Crippen molar-refractivity contribution < 1.29 is 9.53 Å². The van der Waals surface area contributed by atoms with E-state index in [0.29, 0.717) is 18.2 Å². The summed E-state index contributed by atoms with van der Waals surface area (Å²) in [4.78, 5) is 10.7. The van der Waals surface area contributed by atoms with Gasteiger partial charge in [0.25, 0.3) is 0 Å². The van der Waals surface area contributed by atoms with E-state index in [1.54, 1.807) is 6.92 Å². The Bertz CT molecular complexity index is 181. The van der Waals surface area contributed by atoms with Crippen LogP contribution in [0.2, 0.25) is 0 Å². The lowest BCUT2D eigenvalue weighted by Gasteiger charge is -2.18. The van der Waals surface area contributed by atoms with E-state index in [-0.39, 0.29) is 5.91 Å². The summed E-state index contributed by atoms with van der Waals surface area (Å²) < 4.78 is 5.57. The molecule has 0 aromatic heterocycles. The summed E-state index contributed by atoms with van der Waals surface area (Å²) in [5.41, 5.74) is 0. The highest BCUT2D eigenvalue weighted by atomic mass is 16.5. The van der Waals surface area contributed by atoms with Crippen molar-refractivity contribution in [1.29, 1.82) is 0 Å². The van der Waals surface area contributed by atoms with Gasteiger partial charge in [0.15, 0.2) is 0 Å². The van der Waals surface area contributed by atoms with Gasteiger partial charge in [-0.15, -0.1) is 0 Å². The standard InChI is InChI=1S/C8H13NO2/c1-5(10)9-7-4-6-2-3-8(7)11-6/h6-8H,2-4H2,1H3,(H,9,10). The number of amides is 1. The average molecular weight is 155 g/mol. The van der Waals surface area contributed by atoms with Crippen LogP contribution in [0.5, 0.6) is 0 Å². The minimum atomic E-state index is 0.0613. The molecule has 62 valence electrons. The number of rotatable bonds is 1. The number of hydrogen-bond donors (Lipinski definition) is 1. The molecule has 2 aliphatic rings. The smallest absolute Gasteiger partial charge is 0.217 e. The van der Waals surface area contributed by atoms with Gasteiger partial charge in [0.2, 0.25) is 5.91 Å². The molecule has 3 heteroatoms. The van der Waals surface area contributed by atoms with Crippen LogP contribution in [0.15, 0.2) is 0 Å². The molecular weight excluding hydrogens is 142 g/mol. The molecule has 3 unspecified atom stereocenters. The van der Waals surface area contributed by atoms with Gasteiger partial charge in [-0.05, 0) is 19.3 Å². The van der Waals surface area contributed by atoms with Gasteiger partial charge >= 0.3 is 0 Å². The lowest BCUT2D eigenvalue weighted by atomic mass is 9.95. The third kappa shape index (κ3) is 1.25. The Hall–Kier alpha value is -0.570. The van der Waals surface area contributed by atoms with Crippen LogP contribution in [-0.2, 0) is 9.53 Å². The highest BCUT2D eigenvalue weighted by molar-refractivity contribution is 5.73. The summed E-state index contributed by atoms with van der Waals surface area (Å²) in [6.45, 7) is 1.56. The van der Waals surface area contributed by atoms with Crippen LogP contribution in [0.3, 0.4) is 0 Å². The molecule has 11 heavy (non-hydrogen) atoms. The topological polar surface area (TPSA) is 38.3 Å². The highest BCUT2D eigenvalue weighted by Crippen LogP contribution is 2.34. The Balaban J connectivity index is 1.92. The fraction of sp³-hybridized carbons (Fsp3) is 0.875. The Labute approximate surface area is 66.1 Å². The van der Waals surface area contributed by atoms with Crippen LogP contribution >= 0.6 is 0 Å².